The molecule has 0 spiro atoms. The van der Waals surface area contributed by atoms with Crippen molar-refractivity contribution in [2.45, 2.75) is 104 Å². The van der Waals surface area contributed by atoms with Crippen molar-refractivity contribution < 1.29 is 19.1 Å². The zero-order valence-electron chi connectivity index (χ0n) is 42.2. The maximum atomic E-state index is 13.5. The minimum absolute atomic E-state index is 0.112. The number of rotatable bonds is 14. The summed E-state index contributed by atoms with van der Waals surface area (Å²) in [5.41, 5.74) is 3.60. The number of hydrogen-bond donors (Lipinski definition) is 1. The zero-order chi connectivity index (χ0) is 51.6. The fourth-order valence-corrected chi connectivity index (χ4v) is 8.85. The van der Waals surface area contributed by atoms with Crippen molar-refractivity contribution in [3.63, 3.8) is 0 Å². The van der Waals surface area contributed by atoms with Gasteiger partial charge in [-0.05, 0) is 159 Å². The predicted octanol–water partition coefficient (Wildman–Crippen LogP) is 9.49. The van der Waals surface area contributed by atoms with Crippen LogP contribution in [-0.2, 0) is 4.74 Å². The van der Waals surface area contributed by atoms with E-state index >= 15 is 0 Å². The van der Waals surface area contributed by atoms with Gasteiger partial charge < -0.3 is 19.2 Å². The average molecular weight is 985 g/mol. The van der Waals surface area contributed by atoms with Gasteiger partial charge in [0.15, 0.2) is 11.6 Å². The average Bonchev–Trinajstić information content (AvgIpc) is 4.18. The van der Waals surface area contributed by atoms with Crippen LogP contribution in [0.4, 0.5) is 48.8 Å². The first kappa shape index (κ1) is 49.6. The number of amides is 5. The van der Waals surface area contributed by atoms with Gasteiger partial charge in [0.05, 0.1) is 12.1 Å². The van der Waals surface area contributed by atoms with Gasteiger partial charge in [0, 0.05) is 61.0 Å². The van der Waals surface area contributed by atoms with Crippen LogP contribution in [0.1, 0.15) is 86.2 Å². The summed E-state index contributed by atoms with van der Waals surface area (Å²) in [6.45, 7) is 15.7. The van der Waals surface area contributed by atoms with Crippen molar-refractivity contribution in [2.75, 3.05) is 56.0 Å². The maximum Gasteiger partial charge on any atom is 0.415 e. The lowest BCUT2D eigenvalue weighted by Crippen LogP contribution is -2.44. The Hall–Kier alpha value is -8.39. The van der Waals surface area contributed by atoms with E-state index in [1.54, 1.807) is 77.3 Å². The standard InChI is InChI=1S/C29H34N8O3.C24H26N8O/c1-19(2)36-18-31-33-26(36)23-7-6-8-25(32-23)35-16-15-34(27(35)38)21-11-13-22(14-12-21)37(24(17-30)20-9-10-20)28(39)40-29(3,4)5;1-16(2)32-15-26-29-23(32)20-4-3-5-22(28-20)31-13-12-30(24(31)33)19-10-8-18(9-11-19)27-21(14-25)17-6-7-17/h6-8,11-14,18-20,24H,9-10,15-16H2,1-5H3;3-5,8-11,15-17,21,27H,6-7,12-13H2,1-2H3. The molecule has 2 unspecified atom stereocenters. The highest BCUT2D eigenvalue weighted by molar-refractivity contribution is 6.06. The first-order valence-corrected chi connectivity index (χ1v) is 24.8. The van der Waals surface area contributed by atoms with Crippen LogP contribution in [0.15, 0.2) is 97.6 Å². The van der Waals surface area contributed by atoms with E-state index in [2.05, 4.69) is 51.7 Å². The molecule has 10 rings (SSSR count). The van der Waals surface area contributed by atoms with E-state index in [9.17, 15) is 24.9 Å². The molecule has 2 saturated carbocycles. The molecule has 1 N–H and O–H groups in total. The number of carbonyl (C=O) groups excluding carboxylic acids is 3. The summed E-state index contributed by atoms with van der Waals surface area (Å²) >= 11 is 0. The Kier molecular flexibility index (Phi) is 14.1. The molecule has 4 aromatic heterocycles. The molecule has 73 heavy (non-hydrogen) atoms. The molecule has 2 aliphatic carbocycles. The van der Waals surface area contributed by atoms with Crippen LogP contribution in [0.5, 0.6) is 0 Å². The molecular weight excluding hydrogens is 925 g/mol. The van der Waals surface area contributed by atoms with Crippen LogP contribution >= 0.6 is 0 Å². The van der Waals surface area contributed by atoms with Gasteiger partial charge in [-0.15, -0.1) is 20.4 Å². The van der Waals surface area contributed by atoms with E-state index in [1.807, 2.05) is 83.6 Å². The summed E-state index contributed by atoms with van der Waals surface area (Å²) in [5.74, 6) is 3.03. The largest absolute Gasteiger partial charge is 0.443 e. The van der Waals surface area contributed by atoms with E-state index in [4.69, 9.17) is 14.7 Å². The minimum atomic E-state index is -0.694. The number of hydrogen-bond acceptors (Lipinski definition) is 13. The van der Waals surface area contributed by atoms with Crippen LogP contribution in [0, 0.1) is 34.5 Å². The maximum absolute atomic E-state index is 13.5. The van der Waals surface area contributed by atoms with Gasteiger partial charge in [0.1, 0.15) is 53.4 Å². The van der Waals surface area contributed by atoms with Gasteiger partial charge in [0.2, 0.25) is 0 Å². The molecule has 20 nitrogen and oxygen atoms in total. The number of benzene rings is 2. The third-order valence-corrected chi connectivity index (χ3v) is 13.0. The second-order valence-electron chi connectivity index (χ2n) is 20.2. The van der Waals surface area contributed by atoms with E-state index in [0.29, 0.717) is 78.1 Å². The van der Waals surface area contributed by atoms with Gasteiger partial charge >= 0.3 is 18.2 Å². The van der Waals surface area contributed by atoms with Crippen molar-refractivity contribution in [2.24, 2.45) is 11.8 Å². The summed E-state index contributed by atoms with van der Waals surface area (Å²) in [4.78, 5) is 57.4. The number of nitrogens with zero attached hydrogens (tertiary/aromatic N) is 15. The molecule has 5 amide bonds. The molecule has 6 heterocycles. The summed E-state index contributed by atoms with van der Waals surface area (Å²) < 4.78 is 9.52. The lowest BCUT2D eigenvalue weighted by atomic mass is 10.1. The summed E-state index contributed by atoms with van der Waals surface area (Å²) in [5, 5.41) is 39.0. The number of ether oxygens (including phenoxy) is 1. The van der Waals surface area contributed by atoms with E-state index in [-0.39, 0.29) is 36.1 Å². The Morgan fingerprint density at radius 3 is 1.55 bits per heavy atom. The van der Waals surface area contributed by atoms with Crippen LogP contribution < -0.4 is 29.8 Å². The Morgan fingerprint density at radius 1 is 0.658 bits per heavy atom. The van der Waals surface area contributed by atoms with Crippen LogP contribution in [-0.4, -0.2) is 102 Å². The quantitative estimate of drug-likeness (QED) is 0.107. The summed E-state index contributed by atoms with van der Waals surface area (Å²) in [7, 11) is 0. The Labute approximate surface area is 424 Å². The highest BCUT2D eigenvalue weighted by Gasteiger charge is 2.41. The Bertz CT molecular complexity index is 3030. The molecule has 376 valence electrons. The number of anilines is 6. The normalized spacial score (nSPS) is 16.5. The number of aromatic nitrogens is 8. The van der Waals surface area contributed by atoms with Gasteiger partial charge in [-0.3, -0.25) is 24.5 Å². The van der Waals surface area contributed by atoms with Crippen molar-refractivity contribution in [3.05, 3.63) is 97.6 Å². The lowest BCUT2D eigenvalue weighted by Gasteiger charge is -2.30. The van der Waals surface area contributed by atoms with Crippen LogP contribution in [0.25, 0.3) is 23.0 Å². The molecule has 4 aliphatic rings. The number of nitriles is 2. The van der Waals surface area contributed by atoms with Gasteiger partial charge in [-0.2, -0.15) is 10.5 Å². The smallest absolute Gasteiger partial charge is 0.415 e. The molecule has 0 bridgehead atoms. The predicted molar refractivity (Wildman–Crippen MR) is 277 cm³/mol. The fourth-order valence-electron chi connectivity index (χ4n) is 8.85. The molecule has 2 saturated heterocycles. The lowest BCUT2D eigenvalue weighted by molar-refractivity contribution is 0.0569. The Balaban J connectivity index is 0.000000183. The van der Waals surface area contributed by atoms with Crippen molar-refractivity contribution in [1.82, 2.24) is 39.5 Å². The second kappa shape index (κ2) is 20.8. The van der Waals surface area contributed by atoms with Crippen molar-refractivity contribution in [3.8, 4) is 35.2 Å². The zero-order valence-corrected chi connectivity index (χ0v) is 42.2. The third-order valence-electron chi connectivity index (χ3n) is 13.0. The highest BCUT2D eigenvalue weighted by Crippen LogP contribution is 2.39. The highest BCUT2D eigenvalue weighted by atomic mass is 16.6. The first-order chi connectivity index (χ1) is 35.1. The summed E-state index contributed by atoms with van der Waals surface area (Å²) in [6, 6.07) is 29.9. The van der Waals surface area contributed by atoms with E-state index in [0.717, 1.165) is 37.1 Å². The molecular formula is C53H60N16O4. The van der Waals surface area contributed by atoms with Gasteiger partial charge in [-0.1, -0.05) is 12.1 Å². The monoisotopic (exact) mass is 984 g/mol. The number of pyridine rings is 2. The molecule has 4 fully saturated rings. The van der Waals surface area contributed by atoms with E-state index in [1.165, 1.54) is 4.90 Å². The number of nitrogens with one attached hydrogen (secondary N) is 1. The van der Waals surface area contributed by atoms with Crippen LogP contribution in [0.2, 0.25) is 0 Å². The first-order valence-electron chi connectivity index (χ1n) is 24.8. The number of carbonyl (C=O) groups is 3. The molecule has 2 aromatic carbocycles. The Morgan fingerprint density at radius 2 is 1.12 bits per heavy atom. The summed E-state index contributed by atoms with van der Waals surface area (Å²) in [6.07, 6.45) is 6.82. The topological polar surface area (TPSA) is 223 Å². The second-order valence-corrected chi connectivity index (χ2v) is 20.2. The van der Waals surface area contributed by atoms with Gasteiger partial charge in [0.25, 0.3) is 0 Å². The van der Waals surface area contributed by atoms with Crippen LogP contribution in [0.3, 0.4) is 0 Å². The molecule has 2 aliphatic heterocycles. The molecule has 20 heteroatoms. The van der Waals surface area contributed by atoms with Crippen molar-refractivity contribution >= 4 is 52.5 Å². The molecule has 6 aromatic rings. The van der Waals surface area contributed by atoms with E-state index < -0.39 is 17.7 Å². The fraction of sp³-hybridized carbons (Fsp3) is 0.415. The molecule has 2 atom stereocenters. The third kappa shape index (κ3) is 10.9. The SMILES string of the molecule is CC(C)n1cnnc1-c1cccc(N2CCN(c3ccc(N(C(=O)OC(C)(C)C)C(C#N)C4CC4)cc3)C2=O)n1.CC(C)n1cnnc1-c1cccc(N2CCN(c3ccc(NC(C#N)C4CC4)cc3)C2=O)n1. The minimum Gasteiger partial charge on any atom is -0.443 e. The van der Waals surface area contributed by atoms with Gasteiger partial charge in [-0.25, -0.2) is 24.4 Å². The molecule has 0 radical (unpaired) electrons. The van der Waals surface area contributed by atoms with Crippen molar-refractivity contribution in [1.29, 1.82) is 10.5 Å². The number of urea groups is 2.